The summed E-state index contributed by atoms with van der Waals surface area (Å²) in [7, 11) is 1.57. The molecular weight excluding hydrogens is 248 g/mol. The van der Waals surface area contributed by atoms with Gasteiger partial charge in [0.15, 0.2) is 6.29 Å². The molecule has 0 saturated carbocycles. The Morgan fingerprint density at radius 1 is 0.850 bits per heavy atom. The monoisotopic (exact) mass is 262 g/mol. The number of benzene rings is 3. The maximum Gasteiger partial charge on any atom is 0.153 e. The fraction of sp³-hybridized carbons (Fsp3) is 0.0556. The largest absolute Gasteiger partial charge is 0.496 e. The zero-order chi connectivity index (χ0) is 13.9. The van der Waals surface area contributed by atoms with Crippen LogP contribution in [0.1, 0.15) is 10.4 Å². The van der Waals surface area contributed by atoms with Gasteiger partial charge in [-0.2, -0.15) is 0 Å². The highest BCUT2D eigenvalue weighted by Gasteiger charge is 2.05. The number of methoxy groups -OCH3 is 1. The van der Waals surface area contributed by atoms with Crippen LogP contribution in [0, 0.1) is 0 Å². The summed E-state index contributed by atoms with van der Waals surface area (Å²) in [6, 6.07) is 20.2. The minimum absolute atomic E-state index is 0.568. The van der Waals surface area contributed by atoms with E-state index in [1.54, 1.807) is 7.11 Å². The Hall–Kier alpha value is -2.61. The SMILES string of the molecule is COc1ccc(-c2ccc3ccccc3c2)cc1C=O. The summed E-state index contributed by atoms with van der Waals surface area (Å²) in [4.78, 5) is 11.1. The Morgan fingerprint density at radius 2 is 1.55 bits per heavy atom. The van der Waals surface area contributed by atoms with Crippen molar-refractivity contribution in [2.75, 3.05) is 7.11 Å². The van der Waals surface area contributed by atoms with Crippen molar-refractivity contribution in [3.63, 3.8) is 0 Å². The highest BCUT2D eigenvalue weighted by molar-refractivity contribution is 5.89. The lowest BCUT2D eigenvalue weighted by atomic mass is 9.99. The topological polar surface area (TPSA) is 26.3 Å². The molecule has 2 heteroatoms. The van der Waals surface area contributed by atoms with Crippen LogP contribution in [0.3, 0.4) is 0 Å². The number of carbonyl (C=O) groups excluding carboxylic acids is 1. The summed E-state index contributed by atoms with van der Waals surface area (Å²) in [5.74, 6) is 0.601. The van der Waals surface area contributed by atoms with E-state index in [9.17, 15) is 4.79 Å². The van der Waals surface area contributed by atoms with E-state index >= 15 is 0 Å². The molecule has 0 aromatic heterocycles. The van der Waals surface area contributed by atoms with Gasteiger partial charge in [0, 0.05) is 0 Å². The number of carbonyl (C=O) groups is 1. The number of fused-ring (bicyclic) bond motifs is 1. The molecule has 2 nitrogen and oxygen atoms in total. The van der Waals surface area contributed by atoms with Crippen LogP contribution in [0.4, 0.5) is 0 Å². The third-order valence-electron chi connectivity index (χ3n) is 3.44. The van der Waals surface area contributed by atoms with Crippen LogP contribution in [0.2, 0.25) is 0 Å². The van der Waals surface area contributed by atoms with Crippen molar-refractivity contribution in [2.24, 2.45) is 0 Å². The zero-order valence-electron chi connectivity index (χ0n) is 11.2. The summed E-state index contributed by atoms with van der Waals surface area (Å²) in [6.07, 6.45) is 0.823. The highest BCUT2D eigenvalue weighted by atomic mass is 16.5. The van der Waals surface area contributed by atoms with Gasteiger partial charge in [0.25, 0.3) is 0 Å². The first kappa shape index (κ1) is 12.4. The first-order valence-corrected chi connectivity index (χ1v) is 6.44. The second-order valence-electron chi connectivity index (χ2n) is 4.64. The minimum Gasteiger partial charge on any atom is -0.496 e. The van der Waals surface area contributed by atoms with E-state index in [0.29, 0.717) is 11.3 Å². The van der Waals surface area contributed by atoms with Crippen LogP contribution >= 0.6 is 0 Å². The third-order valence-corrected chi connectivity index (χ3v) is 3.44. The van der Waals surface area contributed by atoms with Crippen LogP contribution in [0.25, 0.3) is 21.9 Å². The number of ether oxygens (including phenoxy) is 1. The molecule has 0 saturated heterocycles. The Morgan fingerprint density at radius 3 is 2.30 bits per heavy atom. The first-order valence-electron chi connectivity index (χ1n) is 6.44. The Kier molecular flexibility index (Phi) is 3.21. The molecule has 3 aromatic rings. The number of hydrogen-bond donors (Lipinski definition) is 0. The van der Waals surface area contributed by atoms with E-state index in [-0.39, 0.29) is 0 Å². The van der Waals surface area contributed by atoms with Crippen molar-refractivity contribution >= 4 is 17.1 Å². The van der Waals surface area contributed by atoms with Gasteiger partial charge in [-0.25, -0.2) is 0 Å². The highest BCUT2D eigenvalue weighted by Crippen LogP contribution is 2.28. The second kappa shape index (κ2) is 5.17. The molecule has 0 aliphatic rings. The number of hydrogen-bond acceptors (Lipinski definition) is 2. The molecule has 0 heterocycles. The Labute approximate surface area is 117 Å². The quantitative estimate of drug-likeness (QED) is 0.657. The summed E-state index contributed by atoms with van der Waals surface area (Å²) >= 11 is 0. The van der Waals surface area contributed by atoms with Crippen LogP contribution in [-0.4, -0.2) is 13.4 Å². The van der Waals surface area contributed by atoms with Crippen LogP contribution < -0.4 is 4.74 Å². The molecule has 0 atom stereocenters. The van der Waals surface area contributed by atoms with Crippen molar-refractivity contribution in [3.8, 4) is 16.9 Å². The minimum atomic E-state index is 0.568. The molecule has 20 heavy (non-hydrogen) atoms. The van der Waals surface area contributed by atoms with Gasteiger partial charge in [-0.1, -0.05) is 42.5 Å². The van der Waals surface area contributed by atoms with Crippen LogP contribution in [0.5, 0.6) is 5.75 Å². The molecule has 0 N–H and O–H groups in total. The number of aldehydes is 1. The molecule has 0 aliphatic carbocycles. The van der Waals surface area contributed by atoms with Gasteiger partial charge in [-0.3, -0.25) is 4.79 Å². The van der Waals surface area contributed by atoms with Crippen LogP contribution in [0.15, 0.2) is 60.7 Å². The van der Waals surface area contributed by atoms with Crippen molar-refractivity contribution in [2.45, 2.75) is 0 Å². The molecule has 0 fully saturated rings. The predicted molar refractivity (Wildman–Crippen MR) is 81.3 cm³/mol. The average Bonchev–Trinajstić information content (AvgIpc) is 2.53. The van der Waals surface area contributed by atoms with E-state index in [2.05, 4.69) is 30.3 Å². The molecule has 3 aromatic carbocycles. The van der Waals surface area contributed by atoms with Gasteiger partial charge in [-0.05, 0) is 40.1 Å². The van der Waals surface area contributed by atoms with Crippen molar-refractivity contribution in [1.29, 1.82) is 0 Å². The maximum absolute atomic E-state index is 11.1. The van der Waals surface area contributed by atoms with Gasteiger partial charge in [0.1, 0.15) is 5.75 Å². The fourth-order valence-corrected chi connectivity index (χ4v) is 2.37. The summed E-state index contributed by atoms with van der Waals surface area (Å²) in [6.45, 7) is 0. The van der Waals surface area contributed by atoms with Crippen molar-refractivity contribution < 1.29 is 9.53 Å². The van der Waals surface area contributed by atoms with Crippen molar-refractivity contribution in [3.05, 3.63) is 66.2 Å². The molecule has 0 radical (unpaired) electrons. The maximum atomic E-state index is 11.1. The Bertz CT molecular complexity index is 775. The van der Waals surface area contributed by atoms with Gasteiger partial charge in [-0.15, -0.1) is 0 Å². The lowest BCUT2D eigenvalue weighted by Crippen LogP contribution is -1.91. The molecule has 0 amide bonds. The number of rotatable bonds is 3. The van der Waals surface area contributed by atoms with E-state index in [4.69, 9.17) is 4.74 Å². The lowest BCUT2D eigenvalue weighted by Gasteiger charge is -2.08. The smallest absolute Gasteiger partial charge is 0.153 e. The predicted octanol–water partition coefficient (Wildman–Crippen LogP) is 4.33. The third kappa shape index (κ3) is 2.16. The summed E-state index contributed by atoms with van der Waals surface area (Å²) < 4.78 is 5.17. The molecule has 3 rings (SSSR count). The zero-order valence-corrected chi connectivity index (χ0v) is 11.2. The van der Waals surface area contributed by atoms with Crippen LogP contribution in [-0.2, 0) is 0 Å². The van der Waals surface area contributed by atoms with E-state index in [0.717, 1.165) is 17.4 Å². The molecule has 0 bridgehead atoms. The molecule has 0 unspecified atom stereocenters. The molecule has 0 spiro atoms. The average molecular weight is 262 g/mol. The summed E-state index contributed by atoms with van der Waals surface area (Å²) in [5.41, 5.74) is 2.67. The molecular formula is C18H14O2. The normalized spacial score (nSPS) is 10.4. The summed E-state index contributed by atoms with van der Waals surface area (Å²) in [5, 5.41) is 2.40. The van der Waals surface area contributed by atoms with E-state index in [1.165, 1.54) is 10.8 Å². The van der Waals surface area contributed by atoms with Gasteiger partial charge in [0.2, 0.25) is 0 Å². The Balaban J connectivity index is 2.12. The lowest BCUT2D eigenvalue weighted by molar-refractivity contribution is 0.112. The van der Waals surface area contributed by atoms with Crippen molar-refractivity contribution in [1.82, 2.24) is 0 Å². The second-order valence-corrected chi connectivity index (χ2v) is 4.64. The van der Waals surface area contributed by atoms with Gasteiger partial charge >= 0.3 is 0 Å². The van der Waals surface area contributed by atoms with Gasteiger partial charge < -0.3 is 4.74 Å². The van der Waals surface area contributed by atoms with E-state index in [1.807, 2.05) is 30.3 Å². The fourth-order valence-electron chi connectivity index (χ4n) is 2.37. The standard InChI is InChI=1S/C18H14O2/c1-20-18-9-8-16(11-17(18)12-19)15-7-6-13-4-2-3-5-14(13)10-15/h2-12H,1H3. The molecule has 0 aliphatic heterocycles. The van der Waals surface area contributed by atoms with E-state index < -0.39 is 0 Å². The molecule has 98 valence electrons. The van der Waals surface area contributed by atoms with Gasteiger partial charge in [0.05, 0.1) is 12.7 Å². The first-order chi connectivity index (χ1) is 9.81.